The molecule has 6 nitrogen and oxygen atoms in total. The van der Waals surface area contributed by atoms with Crippen LogP contribution in [0.5, 0.6) is 0 Å². The minimum atomic E-state index is -0.0178. The summed E-state index contributed by atoms with van der Waals surface area (Å²) in [6, 6.07) is 19.4. The van der Waals surface area contributed by atoms with Crippen LogP contribution in [-0.2, 0) is 0 Å². The maximum Gasteiger partial charge on any atom is 0.272 e. The number of benzene rings is 1. The Morgan fingerprint density at radius 1 is 0.808 bits per heavy atom. The first-order chi connectivity index (χ1) is 12.8. The summed E-state index contributed by atoms with van der Waals surface area (Å²) in [5, 5.41) is 8.71. The summed E-state index contributed by atoms with van der Waals surface area (Å²) >= 11 is 0. The third kappa shape index (κ3) is 3.39. The van der Waals surface area contributed by atoms with Gasteiger partial charge in [-0.1, -0.05) is 36.4 Å². The molecule has 1 aliphatic rings. The Labute approximate surface area is 152 Å². The summed E-state index contributed by atoms with van der Waals surface area (Å²) in [4.78, 5) is 20.6. The topological polar surface area (TPSA) is 62.2 Å². The van der Waals surface area contributed by atoms with Gasteiger partial charge in [0.1, 0.15) is 5.69 Å². The van der Waals surface area contributed by atoms with Crippen LogP contribution in [0.4, 0.5) is 5.82 Å². The van der Waals surface area contributed by atoms with Gasteiger partial charge < -0.3 is 9.80 Å². The number of carbonyl (C=O) groups is 1. The van der Waals surface area contributed by atoms with Crippen molar-refractivity contribution in [3.8, 4) is 11.3 Å². The van der Waals surface area contributed by atoms with Gasteiger partial charge in [0.05, 0.1) is 5.69 Å². The van der Waals surface area contributed by atoms with Crippen molar-refractivity contribution >= 4 is 11.7 Å². The minimum absolute atomic E-state index is 0.0178. The van der Waals surface area contributed by atoms with E-state index < -0.39 is 0 Å². The van der Waals surface area contributed by atoms with Gasteiger partial charge >= 0.3 is 0 Å². The fraction of sp³-hybridized carbons (Fsp3) is 0.200. The van der Waals surface area contributed by atoms with Crippen molar-refractivity contribution < 1.29 is 4.79 Å². The van der Waals surface area contributed by atoms with Crippen LogP contribution in [0.1, 0.15) is 10.5 Å². The molecule has 1 aliphatic heterocycles. The number of hydrogen-bond acceptors (Lipinski definition) is 5. The number of hydrogen-bond donors (Lipinski definition) is 0. The van der Waals surface area contributed by atoms with Gasteiger partial charge in [0.25, 0.3) is 5.91 Å². The van der Waals surface area contributed by atoms with Crippen molar-refractivity contribution in [1.82, 2.24) is 20.1 Å². The molecule has 3 aromatic rings. The Balaban J connectivity index is 1.40. The van der Waals surface area contributed by atoms with Gasteiger partial charge in [-0.05, 0) is 24.3 Å². The van der Waals surface area contributed by atoms with E-state index in [1.54, 1.807) is 12.3 Å². The second-order valence-electron chi connectivity index (χ2n) is 6.14. The summed E-state index contributed by atoms with van der Waals surface area (Å²) in [6.45, 7) is 2.77. The zero-order valence-electron chi connectivity index (χ0n) is 14.3. The first kappa shape index (κ1) is 16.2. The van der Waals surface area contributed by atoms with E-state index in [0.29, 0.717) is 18.8 Å². The first-order valence-electron chi connectivity index (χ1n) is 8.66. The summed E-state index contributed by atoms with van der Waals surface area (Å²) in [5.41, 5.74) is 2.41. The summed E-state index contributed by atoms with van der Waals surface area (Å²) in [5.74, 6) is 0.824. The normalized spacial score (nSPS) is 14.3. The Kier molecular flexibility index (Phi) is 4.55. The molecule has 130 valence electrons. The maximum atomic E-state index is 12.5. The molecule has 26 heavy (non-hydrogen) atoms. The third-order valence-electron chi connectivity index (χ3n) is 4.49. The van der Waals surface area contributed by atoms with Crippen molar-refractivity contribution in [3.63, 3.8) is 0 Å². The molecule has 3 heterocycles. The summed E-state index contributed by atoms with van der Waals surface area (Å²) in [6.07, 6.45) is 1.65. The quantitative estimate of drug-likeness (QED) is 0.730. The fourth-order valence-electron chi connectivity index (χ4n) is 3.05. The minimum Gasteiger partial charge on any atom is -0.352 e. The van der Waals surface area contributed by atoms with Crippen molar-refractivity contribution in [2.75, 3.05) is 31.1 Å². The molecule has 1 amide bonds. The number of aromatic nitrogens is 3. The van der Waals surface area contributed by atoms with E-state index in [9.17, 15) is 4.79 Å². The largest absolute Gasteiger partial charge is 0.352 e. The summed E-state index contributed by atoms with van der Waals surface area (Å²) in [7, 11) is 0. The number of pyridine rings is 1. The van der Waals surface area contributed by atoms with Crippen LogP contribution in [0, 0.1) is 0 Å². The van der Waals surface area contributed by atoms with Gasteiger partial charge in [0.2, 0.25) is 0 Å². The molecule has 1 fully saturated rings. The lowest BCUT2D eigenvalue weighted by Gasteiger charge is -2.35. The SMILES string of the molecule is O=C(c1ccccn1)N1CCN(c2ccc(-c3ccccc3)nn2)CC1. The zero-order valence-corrected chi connectivity index (χ0v) is 14.3. The molecular formula is C20H19N5O. The maximum absolute atomic E-state index is 12.5. The molecule has 2 aromatic heterocycles. The van der Waals surface area contributed by atoms with Crippen molar-refractivity contribution in [1.29, 1.82) is 0 Å². The highest BCUT2D eigenvalue weighted by atomic mass is 16.2. The predicted molar refractivity (Wildman–Crippen MR) is 99.8 cm³/mol. The monoisotopic (exact) mass is 345 g/mol. The average molecular weight is 345 g/mol. The van der Waals surface area contributed by atoms with Gasteiger partial charge in [-0.2, -0.15) is 0 Å². The van der Waals surface area contributed by atoms with Crippen LogP contribution >= 0.6 is 0 Å². The van der Waals surface area contributed by atoms with Gasteiger partial charge in [-0.25, -0.2) is 0 Å². The second kappa shape index (κ2) is 7.31. The third-order valence-corrected chi connectivity index (χ3v) is 4.49. The Morgan fingerprint density at radius 3 is 2.23 bits per heavy atom. The molecule has 0 atom stereocenters. The second-order valence-corrected chi connectivity index (χ2v) is 6.14. The smallest absolute Gasteiger partial charge is 0.272 e. The molecule has 4 rings (SSSR count). The van der Waals surface area contributed by atoms with Crippen molar-refractivity contribution in [2.45, 2.75) is 0 Å². The number of anilines is 1. The highest BCUT2D eigenvalue weighted by Gasteiger charge is 2.23. The van der Waals surface area contributed by atoms with E-state index >= 15 is 0 Å². The molecular weight excluding hydrogens is 326 g/mol. The molecule has 1 aromatic carbocycles. The van der Waals surface area contributed by atoms with E-state index in [4.69, 9.17) is 0 Å². The molecule has 6 heteroatoms. The van der Waals surface area contributed by atoms with E-state index in [1.165, 1.54) is 0 Å². The number of amides is 1. The van der Waals surface area contributed by atoms with Crippen LogP contribution in [0.2, 0.25) is 0 Å². The van der Waals surface area contributed by atoms with Gasteiger partial charge in [0, 0.05) is 37.9 Å². The van der Waals surface area contributed by atoms with E-state index in [-0.39, 0.29) is 5.91 Å². The Hall–Kier alpha value is -3.28. The molecule has 0 unspecified atom stereocenters. The number of rotatable bonds is 3. The van der Waals surface area contributed by atoms with Crippen molar-refractivity contribution in [3.05, 3.63) is 72.6 Å². The van der Waals surface area contributed by atoms with E-state index in [0.717, 1.165) is 30.2 Å². The lowest BCUT2D eigenvalue weighted by molar-refractivity contribution is 0.0740. The molecule has 0 spiro atoms. The lowest BCUT2D eigenvalue weighted by atomic mass is 10.1. The number of carbonyl (C=O) groups excluding carboxylic acids is 1. The van der Waals surface area contributed by atoms with Crippen LogP contribution in [0.3, 0.4) is 0 Å². The average Bonchev–Trinajstić information content (AvgIpc) is 2.75. The molecule has 0 radical (unpaired) electrons. The first-order valence-corrected chi connectivity index (χ1v) is 8.66. The van der Waals surface area contributed by atoms with E-state index in [1.807, 2.05) is 59.5 Å². The molecule has 0 aliphatic carbocycles. The van der Waals surface area contributed by atoms with Gasteiger partial charge in [-0.15, -0.1) is 10.2 Å². The predicted octanol–water partition coefficient (Wildman–Crippen LogP) is 2.50. The standard InChI is InChI=1S/C20H19N5O/c26-20(18-8-4-5-11-21-18)25-14-12-24(13-15-25)19-10-9-17(22-23-19)16-6-2-1-3-7-16/h1-11H,12-15H2. The molecule has 0 saturated carbocycles. The molecule has 0 bridgehead atoms. The van der Waals surface area contributed by atoms with Gasteiger partial charge in [-0.3, -0.25) is 9.78 Å². The van der Waals surface area contributed by atoms with Crippen LogP contribution < -0.4 is 4.90 Å². The summed E-state index contributed by atoms with van der Waals surface area (Å²) < 4.78 is 0. The van der Waals surface area contributed by atoms with Crippen molar-refractivity contribution in [2.24, 2.45) is 0 Å². The van der Waals surface area contributed by atoms with E-state index in [2.05, 4.69) is 20.1 Å². The Morgan fingerprint density at radius 2 is 1.58 bits per heavy atom. The lowest BCUT2D eigenvalue weighted by Crippen LogP contribution is -2.49. The Bertz CT molecular complexity index is 860. The highest BCUT2D eigenvalue weighted by Crippen LogP contribution is 2.19. The van der Waals surface area contributed by atoms with Crippen LogP contribution in [-0.4, -0.2) is 52.2 Å². The fourth-order valence-corrected chi connectivity index (χ4v) is 3.05. The van der Waals surface area contributed by atoms with Crippen LogP contribution in [0.25, 0.3) is 11.3 Å². The van der Waals surface area contributed by atoms with Gasteiger partial charge in [0.15, 0.2) is 5.82 Å². The molecule has 0 N–H and O–H groups in total. The zero-order chi connectivity index (χ0) is 17.8. The van der Waals surface area contributed by atoms with Crippen LogP contribution in [0.15, 0.2) is 66.9 Å². The highest BCUT2D eigenvalue weighted by molar-refractivity contribution is 5.92. The number of nitrogens with zero attached hydrogens (tertiary/aromatic N) is 5. The number of piperazine rings is 1. The molecule has 1 saturated heterocycles.